The summed E-state index contributed by atoms with van der Waals surface area (Å²) in [5.74, 6) is -0.263. The number of para-hydroxylation sites is 1. The Labute approximate surface area is 104 Å². The second-order valence-electron chi connectivity index (χ2n) is 3.96. The molecule has 2 aromatic rings. The first kappa shape index (κ1) is 10.7. The van der Waals surface area contributed by atoms with Crippen molar-refractivity contribution >= 4 is 11.4 Å². The van der Waals surface area contributed by atoms with E-state index in [1.807, 2.05) is 30.3 Å². The van der Waals surface area contributed by atoms with Gasteiger partial charge in [-0.2, -0.15) is 0 Å². The first-order valence-electron chi connectivity index (χ1n) is 5.70. The fourth-order valence-corrected chi connectivity index (χ4v) is 1.99. The fourth-order valence-electron chi connectivity index (χ4n) is 1.99. The molecule has 1 N–H and O–H groups in total. The maximum absolute atomic E-state index is 13.9. The molecular formula is C15H11FN2. The molecule has 0 bridgehead atoms. The lowest BCUT2D eigenvalue weighted by atomic mass is 10.0. The largest absolute Gasteiger partial charge is 0.360 e. The summed E-state index contributed by atoms with van der Waals surface area (Å²) in [6.45, 7) is 0. The van der Waals surface area contributed by atoms with Crippen LogP contribution in [-0.2, 0) is 0 Å². The van der Waals surface area contributed by atoms with Gasteiger partial charge in [-0.1, -0.05) is 30.3 Å². The van der Waals surface area contributed by atoms with E-state index in [0.717, 1.165) is 11.3 Å². The number of hydrogen-bond acceptors (Lipinski definition) is 2. The molecule has 3 heteroatoms. The van der Waals surface area contributed by atoms with Crippen LogP contribution in [0.25, 0.3) is 0 Å². The molecule has 0 amide bonds. The van der Waals surface area contributed by atoms with Crippen molar-refractivity contribution in [1.82, 2.24) is 0 Å². The van der Waals surface area contributed by atoms with Crippen LogP contribution in [0.4, 0.5) is 10.1 Å². The van der Waals surface area contributed by atoms with Crippen molar-refractivity contribution in [3.05, 3.63) is 77.9 Å². The number of anilines is 1. The molecule has 18 heavy (non-hydrogen) atoms. The molecule has 0 aliphatic carbocycles. The molecule has 1 heterocycles. The summed E-state index contributed by atoms with van der Waals surface area (Å²) in [5.41, 5.74) is 2.98. The van der Waals surface area contributed by atoms with Gasteiger partial charge >= 0.3 is 0 Å². The molecule has 0 fully saturated rings. The molecule has 1 aliphatic rings. The minimum atomic E-state index is -0.263. The number of hydrogen-bond donors (Lipinski definition) is 1. The van der Waals surface area contributed by atoms with Crippen molar-refractivity contribution in [2.45, 2.75) is 0 Å². The number of nitrogens with zero attached hydrogens (tertiary/aromatic N) is 1. The standard InChI is InChI=1S/C15H11FN2/c16-13-7-3-1-5-11(13)15-12-6-2-4-8-14(12)17-9-10-18-15/h1-10,17H. The summed E-state index contributed by atoms with van der Waals surface area (Å²) in [4.78, 5) is 4.33. The van der Waals surface area contributed by atoms with Crippen LogP contribution >= 0.6 is 0 Å². The average Bonchev–Trinajstić information content (AvgIpc) is 2.62. The Morgan fingerprint density at radius 3 is 2.44 bits per heavy atom. The van der Waals surface area contributed by atoms with Crippen LogP contribution in [0, 0.1) is 5.82 Å². The minimum Gasteiger partial charge on any atom is -0.360 e. The Balaban J connectivity index is 2.21. The third-order valence-corrected chi connectivity index (χ3v) is 2.83. The maximum Gasteiger partial charge on any atom is 0.132 e. The van der Waals surface area contributed by atoms with Gasteiger partial charge in [0.2, 0.25) is 0 Å². The second-order valence-corrected chi connectivity index (χ2v) is 3.96. The van der Waals surface area contributed by atoms with Crippen LogP contribution in [0.3, 0.4) is 0 Å². The van der Waals surface area contributed by atoms with Gasteiger partial charge in [-0.3, -0.25) is 4.99 Å². The van der Waals surface area contributed by atoms with Crippen LogP contribution in [-0.4, -0.2) is 5.71 Å². The molecule has 0 aromatic heterocycles. The van der Waals surface area contributed by atoms with E-state index in [0.29, 0.717) is 11.3 Å². The lowest BCUT2D eigenvalue weighted by Gasteiger charge is -2.10. The van der Waals surface area contributed by atoms with Crippen molar-refractivity contribution in [2.24, 2.45) is 4.99 Å². The van der Waals surface area contributed by atoms with E-state index in [9.17, 15) is 4.39 Å². The van der Waals surface area contributed by atoms with Crippen molar-refractivity contribution in [1.29, 1.82) is 0 Å². The number of halogens is 1. The van der Waals surface area contributed by atoms with Crippen LogP contribution < -0.4 is 5.32 Å². The highest BCUT2D eigenvalue weighted by Gasteiger charge is 2.15. The zero-order chi connectivity index (χ0) is 12.4. The van der Waals surface area contributed by atoms with Crippen LogP contribution in [0.5, 0.6) is 0 Å². The van der Waals surface area contributed by atoms with E-state index in [4.69, 9.17) is 0 Å². The highest BCUT2D eigenvalue weighted by atomic mass is 19.1. The van der Waals surface area contributed by atoms with Gasteiger partial charge in [0.1, 0.15) is 5.82 Å². The van der Waals surface area contributed by atoms with Gasteiger partial charge in [0.15, 0.2) is 0 Å². The van der Waals surface area contributed by atoms with E-state index < -0.39 is 0 Å². The Morgan fingerprint density at radius 1 is 0.889 bits per heavy atom. The third-order valence-electron chi connectivity index (χ3n) is 2.83. The zero-order valence-electron chi connectivity index (χ0n) is 9.60. The SMILES string of the molecule is Fc1ccccc1C1=NC=CNc2ccccc21. The summed E-state index contributed by atoms with van der Waals surface area (Å²) in [5, 5.41) is 3.13. The number of aliphatic imine (C=N–C) groups is 1. The number of benzene rings is 2. The van der Waals surface area contributed by atoms with E-state index in [1.54, 1.807) is 24.5 Å². The quantitative estimate of drug-likeness (QED) is 0.807. The summed E-state index contributed by atoms with van der Waals surface area (Å²) < 4.78 is 13.9. The van der Waals surface area contributed by atoms with E-state index >= 15 is 0 Å². The Hall–Kier alpha value is -2.42. The van der Waals surface area contributed by atoms with Gasteiger partial charge in [0.05, 0.1) is 5.71 Å². The van der Waals surface area contributed by atoms with E-state index in [-0.39, 0.29) is 5.82 Å². The smallest absolute Gasteiger partial charge is 0.132 e. The predicted octanol–water partition coefficient (Wildman–Crippen LogP) is 3.56. The molecule has 1 aliphatic heterocycles. The normalized spacial score (nSPS) is 13.3. The number of rotatable bonds is 1. The van der Waals surface area contributed by atoms with Gasteiger partial charge in [-0.05, 0) is 18.2 Å². The fraction of sp³-hybridized carbons (Fsp3) is 0. The lowest BCUT2D eigenvalue weighted by Crippen LogP contribution is -2.06. The summed E-state index contributed by atoms with van der Waals surface area (Å²) >= 11 is 0. The molecule has 2 nitrogen and oxygen atoms in total. The van der Waals surface area contributed by atoms with Crippen molar-refractivity contribution in [3.8, 4) is 0 Å². The van der Waals surface area contributed by atoms with Crippen LogP contribution in [0.2, 0.25) is 0 Å². The van der Waals surface area contributed by atoms with Crippen LogP contribution in [0.1, 0.15) is 11.1 Å². The third kappa shape index (κ3) is 1.80. The van der Waals surface area contributed by atoms with Gasteiger partial charge < -0.3 is 5.32 Å². The maximum atomic E-state index is 13.9. The molecule has 0 atom stereocenters. The minimum absolute atomic E-state index is 0.263. The molecule has 0 saturated carbocycles. The lowest BCUT2D eigenvalue weighted by molar-refractivity contribution is 0.625. The highest BCUT2D eigenvalue weighted by Crippen LogP contribution is 2.23. The molecule has 3 rings (SSSR count). The van der Waals surface area contributed by atoms with Crippen molar-refractivity contribution < 1.29 is 4.39 Å². The van der Waals surface area contributed by atoms with E-state index in [1.165, 1.54) is 6.07 Å². The monoisotopic (exact) mass is 238 g/mol. The van der Waals surface area contributed by atoms with Gasteiger partial charge in [-0.15, -0.1) is 0 Å². The zero-order valence-corrected chi connectivity index (χ0v) is 9.60. The van der Waals surface area contributed by atoms with E-state index in [2.05, 4.69) is 10.3 Å². The second kappa shape index (κ2) is 4.45. The average molecular weight is 238 g/mol. The highest BCUT2D eigenvalue weighted by molar-refractivity contribution is 6.16. The van der Waals surface area contributed by atoms with Gasteiger partial charge in [0.25, 0.3) is 0 Å². The molecule has 88 valence electrons. The Bertz CT molecular complexity index is 644. The Morgan fingerprint density at radius 2 is 1.61 bits per heavy atom. The Kier molecular flexibility index (Phi) is 2.65. The predicted molar refractivity (Wildman–Crippen MR) is 71.2 cm³/mol. The summed E-state index contributed by atoms with van der Waals surface area (Å²) in [6.07, 6.45) is 3.38. The van der Waals surface area contributed by atoms with Gasteiger partial charge in [-0.25, -0.2) is 4.39 Å². The first-order chi connectivity index (χ1) is 8.86. The summed E-state index contributed by atoms with van der Waals surface area (Å²) in [7, 11) is 0. The number of fused-ring (bicyclic) bond motifs is 1. The molecule has 2 aromatic carbocycles. The topological polar surface area (TPSA) is 24.4 Å². The molecule has 0 spiro atoms. The van der Waals surface area contributed by atoms with Gasteiger partial charge in [0, 0.05) is 29.2 Å². The number of nitrogens with one attached hydrogen (secondary N) is 1. The molecule has 0 saturated heterocycles. The first-order valence-corrected chi connectivity index (χ1v) is 5.70. The van der Waals surface area contributed by atoms with Crippen molar-refractivity contribution in [3.63, 3.8) is 0 Å². The molecular weight excluding hydrogens is 227 g/mol. The van der Waals surface area contributed by atoms with Crippen molar-refractivity contribution in [2.75, 3.05) is 5.32 Å². The van der Waals surface area contributed by atoms with Crippen LogP contribution in [0.15, 0.2) is 65.9 Å². The summed E-state index contributed by atoms with van der Waals surface area (Å²) in [6, 6.07) is 14.4. The molecule has 0 radical (unpaired) electrons. The molecule has 0 unspecified atom stereocenters.